The molecule has 9 aromatic carbocycles. The van der Waals surface area contributed by atoms with Gasteiger partial charge < -0.3 is 0 Å². The molecule has 0 saturated heterocycles. The van der Waals surface area contributed by atoms with Crippen LogP contribution in [0.3, 0.4) is 0 Å². The van der Waals surface area contributed by atoms with Crippen molar-refractivity contribution in [1.29, 1.82) is 0 Å². The van der Waals surface area contributed by atoms with Gasteiger partial charge in [-0.05, 0) is 128 Å². The van der Waals surface area contributed by atoms with E-state index in [0.717, 1.165) is 0 Å². The Morgan fingerprint density at radius 3 is 1.39 bits per heavy atom. The third kappa shape index (κ3) is 4.26. The number of benzene rings is 9. The lowest BCUT2D eigenvalue weighted by Gasteiger charge is -2.24. The van der Waals surface area contributed by atoms with E-state index in [-0.39, 0.29) is 10.8 Å². The molecule has 0 saturated carbocycles. The fourth-order valence-corrected chi connectivity index (χ4v) is 10.1. The molecule has 0 nitrogen and oxygen atoms in total. The first-order valence-electron chi connectivity index (χ1n) is 19.3. The van der Waals surface area contributed by atoms with Crippen molar-refractivity contribution in [3.8, 4) is 55.6 Å². The fraction of sp³-hybridized carbons (Fsp3) is 0.111. The van der Waals surface area contributed by atoms with Crippen molar-refractivity contribution in [2.45, 2.75) is 38.5 Å². The van der Waals surface area contributed by atoms with Crippen LogP contribution in [0.1, 0.15) is 49.9 Å². The summed E-state index contributed by atoms with van der Waals surface area (Å²) in [7, 11) is 0. The van der Waals surface area contributed by atoms with Crippen molar-refractivity contribution < 1.29 is 0 Å². The van der Waals surface area contributed by atoms with Gasteiger partial charge in [-0.15, -0.1) is 0 Å². The van der Waals surface area contributed by atoms with Crippen LogP contribution in [0.2, 0.25) is 0 Å². The summed E-state index contributed by atoms with van der Waals surface area (Å²) in [4.78, 5) is 0. The molecule has 54 heavy (non-hydrogen) atoms. The summed E-state index contributed by atoms with van der Waals surface area (Å²) in [6.07, 6.45) is 0. The Hall–Kier alpha value is -6.24. The normalized spacial score (nSPS) is 14.6. The molecule has 2 aliphatic carbocycles. The minimum absolute atomic E-state index is 0.0367. The monoisotopic (exact) mass is 688 g/mol. The quantitative estimate of drug-likeness (QED) is 0.162. The maximum Gasteiger partial charge on any atom is 0.0159 e. The van der Waals surface area contributed by atoms with Crippen LogP contribution < -0.4 is 0 Å². The average molecular weight is 689 g/mol. The zero-order valence-corrected chi connectivity index (χ0v) is 31.2. The highest BCUT2D eigenvalue weighted by molar-refractivity contribution is 6.21. The zero-order chi connectivity index (χ0) is 36.3. The van der Waals surface area contributed by atoms with E-state index in [1.54, 1.807) is 0 Å². The lowest BCUT2D eigenvalue weighted by molar-refractivity contribution is 0.660. The first-order chi connectivity index (χ1) is 26.3. The summed E-state index contributed by atoms with van der Waals surface area (Å²) in [5.74, 6) is 0. The Morgan fingerprint density at radius 1 is 0.278 bits per heavy atom. The van der Waals surface area contributed by atoms with E-state index in [0.29, 0.717) is 0 Å². The molecule has 11 rings (SSSR count). The van der Waals surface area contributed by atoms with Gasteiger partial charge in [0.05, 0.1) is 0 Å². The highest BCUT2D eigenvalue weighted by atomic mass is 14.4. The van der Waals surface area contributed by atoms with E-state index in [9.17, 15) is 0 Å². The Bertz CT molecular complexity index is 2970. The summed E-state index contributed by atoms with van der Waals surface area (Å²) < 4.78 is 0. The molecule has 0 fully saturated rings. The summed E-state index contributed by atoms with van der Waals surface area (Å²) in [6, 6.07) is 63.9. The second-order valence-electron chi connectivity index (χ2n) is 16.4. The smallest absolute Gasteiger partial charge is 0.0159 e. The van der Waals surface area contributed by atoms with Crippen LogP contribution in [0.5, 0.6) is 0 Å². The van der Waals surface area contributed by atoms with E-state index in [4.69, 9.17) is 0 Å². The molecule has 0 atom stereocenters. The van der Waals surface area contributed by atoms with Crippen molar-refractivity contribution in [2.24, 2.45) is 0 Å². The van der Waals surface area contributed by atoms with Crippen LogP contribution in [0, 0.1) is 0 Å². The Kier molecular flexibility index (Phi) is 6.46. The van der Waals surface area contributed by atoms with Crippen LogP contribution in [0.25, 0.3) is 88.0 Å². The van der Waals surface area contributed by atoms with Gasteiger partial charge in [-0.25, -0.2) is 0 Å². The zero-order valence-electron chi connectivity index (χ0n) is 31.2. The van der Waals surface area contributed by atoms with E-state index in [1.807, 2.05) is 0 Å². The Balaban J connectivity index is 1.05. The molecule has 0 N–H and O–H groups in total. The molecule has 0 heterocycles. The highest BCUT2D eigenvalue weighted by Crippen LogP contribution is 2.54. The lowest BCUT2D eigenvalue weighted by atomic mass is 9.79. The third-order valence-electron chi connectivity index (χ3n) is 12.9. The molecule has 0 spiro atoms. The second-order valence-corrected chi connectivity index (χ2v) is 16.4. The number of rotatable bonds is 3. The van der Waals surface area contributed by atoms with Crippen molar-refractivity contribution >= 4 is 32.3 Å². The fourth-order valence-electron chi connectivity index (χ4n) is 10.1. The predicted molar refractivity (Wildman–Crippen MR) is 230 cm³/mol. The Morgan fingerprint density at radius 2 is 0.741 bits per heavy atom. The number of hydrogen-bond acceptors (Lipinski definition) is 0. The average Bonchev–Trinajstić information content (AvgIpc) is 3.58. The maximum atomic E-state index is 2.49. The van der Waals surface area contributed by atoms with Crippen molar-refractivity contribution in [1.82, 2.24) is 0 Å². The molecule has 0 unspecified atom stereocenters. The molecule has 2 aliphatic rings. The highest BCUT2D eigenvalue weighted by Gasteiger charge is 2.38. The minimum Gasteiger partial charge on any atom is -0.0622 e. The summed E-state index contributed by atoms with van der Waals surface area (Å²) in [6.45, 7) is 9.57. The molecule has 0 bridgehead atoms. The van der Waals surface area contributed by atoms with Crippen LogP contribution in [-0.2, 0) is 10.8 Å². The van der Waals surface area contributed by atoms with Gasteiger partial charge in [-0.1, -0.05) is 179 Å². The number of hydrogen-bond donors (Lipinski definition) is 0. The van der Waals surface area contributed by atoms with Crippen molar-refractivity contribution in [3.63, 3.8) is 0 Å². The van der Waals surface area contributed by atoms with Gasteiger partial charge in [0.25, 0.3) is 0 Å². The molecule has 0 amide bonds. The van der Waals surface area contributed by atoms with Gasteiger partial charge in [0.15, 0.2) is 0 Å². The summed E-state index contributed by atoms with van der Waals surface area (Å²) in [5.41, 5.74) is 18.6. The molecule has 9 aromatic rings. The van der Waals surface area contributed by atoms with Gasteiger partial charge in [0.2, 0.25) is 0 Å². The summed E-state index contributed by atoms with van der Waals surface area (Å²) in [5, 5.41) is 7.81. The maximum absolute atomic E-state index is 2.49. The first kappa shape index (κ1) is 31.3. The standard InChI is InChI=1S/C54H40/c1-53(2)46-28-25-35(30-45(46)52-38-17-9-8-14-33(38)24-29-47(52)53)36-22-26-39-40-27-23-37(32-49(40)54(3,4)48(39)31-36)51-43-20-12-10-18-41(43)50(34-15-6-5-7-16-34)42-19-11-13-21-44(42)51/h5-32H,1-4H3. The van der Waals surface area contributed by atoms with E-state index in [1.165, 1.54) is 110 Å². The van der Waals surface area contributed by atoms with Gasteiger partial charge in [-0.2, -0.15) is 0 Å². The molecule has 0 aromatic heterocycles. The molecular formula is C54H40. The first-order valence-corrected chi connectivity index (χ1v) is 19.3. The predicted octanol–water partition coefficient (Wildman–Crippen LogP) is 14.8. The Labute approximate surface area is 317 Å². The van der Waals surface area contributed by atoms with E-state index >= 15 is 0 Å². The summed E-state index contributed by atoms with van der Waals surface area (Å²) >= 11 is 0. The van der Waals surface area contributed by atoms with Gasteiger partial charge in [0.1, 0.15) is 0 Å². The SMILES string of the molecule is CC1(C)c2cc(-c3ccc4c(c3)-c3c(ccc5ccccc35)C4(C)C)ccc2-c2ccc(-c3c4ccccc4c(-c4ccccc4)c4ccccc34)cc21. The molecular weight excluding hydrogens is 649 g/mol. The van der Waals surface area contributed by atoms with Gasteiger partial charge >= 0.3 is 0 Å². The third-order valence-corrected chi connectivity index (χ3v) is 12.9. The van der Waals surface area contributed by atoms with Gasteiger partial charge in [-0.3, -0.25) is 0 Å². The van der Waals surface area contributed by atoms with E-state index in [2.05, 4.69) is 198 Å². The second kappa shape index (κ2) is 11.1. The van der Waals surface area contributed by atoms with Gasteiger partial charge in [0, 0.05) is 10.8 Å². The number of fused-ring (bicyclic) bond motifs is 10. The van der Waals surface area contributed by atoms with Crippen LogP contribution in [0.15, 0.2) is 170 Å². The molecule has 0 radical (unpaired) electrons. The topological polar surface area (TPSA) is 0 Å². The van der Waals surface area contributed by atoms with E-state index < -0.39 is 0 Å². The van der Waals surface area contributed by atoms with Crippen LogP contribution in [0.4, 0.5) is 0 Å². The largest absolute Gasteiger partial charge is 0.0622 e. The molecule has 0 heteroatoms. The van der Waals surface area contributed by atoms with Crippen molar-refractivity contribution in [2.75, 3.05) is 0 Å². The van der Waals surface area contributed by atoms with Crippen LogP contribution in [-0.4, -0.2) is 0 Å². The molecule has 0 aliphatic heterocycles. The van der Waals surface area contributed by atoms with Crippen LogP contribution >= 0.6 is 0 Å². The molecule has 256 valence electrons. The lowest BCUT2D eigenvalue weighted by Crippen LogP contribution is -2.15. The van der Waals surface area contributed by atoms with Crippen molar-refractivity contribution in [3.05, 3.63) is 192 Å². The minimum atomic E-state index is -0.159.